The fourth-order valence-electron chi connectivity index (χ4n) is 3.90. The molecule has 10 heteroatoms. The molecule has 7 nitrogen and oxygen atoms in total. The number of aromatic nitrogens is 1. The Balaban J connectivity index is 1.39. The van der Waals surface area contributed by atoms with E-state index in [1.165, 1.54) is 6.07 Å². The van der Waals surface area contributed by atoms with Gasteiger partial charge in [-0.05, 0) is 17.7 Å². The molecule has 2 amide bonds. The van der Waals surface area contributed by atoms with Crippen molar-refractivity contribution in [2.75, 3.05) is 44.3 Å². The highest BCUT2D eigenvalue weighted by molar-refractivity contribution is 5.89. The van der Waals surface area contributed by atoms with Crippen LogP contribution in [0.5, 0.6) is 0 Å². The molecule has 2 aromatic rings. The number of nitrogens with zero attached hydrogens (tertiary/aromatic N) is 4. The highest BCUT2D eigenvalue weighted by Gasteiger charge is 2.37. The molecule has 1 aromatic carbocycles. The SMILES string of the molecule is O=C([C@H]1COCC(=O)N1Cc1ccccc1)N1CCN(c2ccc(C(F)(F)F)cn2)CC1. The zero-order chi connectivity index (χ0) is 22.7. The number of halogens is 3. The van der Waals surface area contributed by atoms with Crippen LogP contribution in [0.15, 0.2) is 48.7 Å². The van der Waals surface area contributed by atoms with E-state index < -0.39 is 17.8 Å². The molecule has 0 unspecified atom stereocenters. The maximum atomic E-state index is 13.2. The molecule has 2 fully saturated rings. The Kier molecular flexibility index (Phi) is 6.31. The van der Waals surface area contributed by atoms with Gasteiger partial charge >= 0.3 is 6.18 Å². The van der Waals surface area contributed by atoms with E-state index >= 15 is 0 Å². The number of morpholine rings is 1. The third-order valence-electron chi connectivity index (χ3n) is 5.67. The quantitative estimate of drug-likeness (QED) is 0.718. The largest absolute Gasteiger partial charge is 0.417 e. The second kappa shape index (κ2) is 9.15. The Hall–Kier alpha value is -3.14. The monoisotopic (exact) mass is 448 g/mol. The van der Waals surface area contributed by atoms with Gasteiger partial charge in [-0.2, -0.15) is 13.2 Å². The number of carbonyl (C=O) groups excluding carboxylic acids is 2. The first-order chi connectivity index (χ1) is 15.3. The summed E-state index contributed by atoms with van der Waals surface area (Å²) in [6, 6.07) is 11.1. The summed E-state index contributed by atoms with van der Waals surface area (Å²) >= 11 is 0. The van der Waals surface area contributed by atoms with Crippen molar-refractivity contribution in [1.29, 1.82) is 0 Å². The standard InChI is InChI=1S/C22H23F3N4O3/c23-22(24,25)17-6-7-19(26-12-17)27-8-10-28(11-9-27)21(31)18-14-32-15-20(30)29(18)13-16-4-2-1-3-5-16/h1-7,12,18H,8-11,13-15H2/t18-/m1/s1. The molecule has 0 radical (unpaired) electrons. The summed E-state index contributed by atoms with van der Waals surface area (Å²) in [5.74, 6) is 0.0204. The molecule has 0 spiro atoms. The number of pyridine rings is 1. The van der Waals surface area contributed by atoms with Crippen molar-refractivity contribution in [1.82, 2.24) is 14.8 Å². The number of hydrogen-bond donors (Lipinski definition) is 0. The van der Waals surface area contributed by atoms with Crippen molar-refractivity contribution in [3.63, 3.8) is 0 Å². The molecule has 1 aromatic heterocycles. The Morgan fingerprint density at radius 1 is 1.06 bits per heavy atom. The number of piperazine rings is 1. The predicted octanol–water partition coefficient (Wildman–Crippen LogP) is 2.18. The third-order valence-corrected chi connectivity index (χ3v) is 5.67. The van der Waals surface area contributed by atoms with Crippen LogP contribution in [0.3, 0.4) is 0 Å². The molecule has 0 saturated carbocycles. The van der Waals surface area contributed by atoms with Crippen LogP contribution >= 0.6 is 0 Å². The maximum absolute atomic E-state index is 13.2. The van der Waals surface area contributed by atoms with Crippen molar-refractivity contribution in [3.05, 3.63) is 59.8 Å². The van der Waals surface area contributed by atoms with Crippen LogP contribution in [-0.2, 0) is 27.0 Å². The summed E-state index contributed by atoms with van der Waals surface area (Å²) < 4.78 is 43.6. The van der Waals surface area contributed by atoms with Crippen LogP contribution in [0.25, 0.3) is 0 Å². The lowest BCUT2D eigenvalue weighted by Crippen LogP contribution is -2.59. The number of anilines is 1. The van der Waals surface area contributed by atoms with Gasteiger partial charge in [0.15, 0.2) is 0 Å². The topological polar surface area (TPSA) is 66.0 Å². The van der Waals surface area contributed by atoms with Crippen LogP contribution in [-0.4, -0.2) is 72.0 Å². The molecule has 170 valence electrons. The zero-order valence-corrected chi connectivity index (χ0v) is 17.3. The van der Waals surface area contributed by atoms with Crippen molar-refractivity contribution in [2.24, 2.45) is 0 Å². The van der Waals surface area contributed by atoms with E-state index in [0.717, 1.165) is 17.8 Å². The average molecular weight is 448 g/mol. The molecule has 0 N–H and O–H groups in total. The summed E-state index contributed by atoms with van der Waals surface area (Å²) in [5.41, 5.74) is 0.134. The van der Waals surface area contributed by atoms with Gasteiger partial charge in [-0.25, -0.2) is 4.98 Å². The van der Waals surface area contributed by atoms with Crippen LogP contribution in [0, 0.1) is 0 Å². The van der Waals surface area contributed by atoms with Crippen LogP contribution in [0.4, 0.5) is 19.0 Å². The molecule has 32 heavy (non-hydrogen) atoms. The zero-order valence-electron chi connectivity index (χ0n) is 17.3. The van der Waals surface area contributed by atoms with Gasteiger partial charge in [0.25, 0.3) is 0 Å². The van der Waals surface area contributed by atoms with Gasteiger partial charge < -0.3 is 19.4 Å². The highest BCUT2D eigenvalue weighted by atomic mass is 19.4. The second-order valence-corrected chi connectivity index (χ2v) is 7.75. The lowest BCUT2D eigenvalue weighted by molar-refractivity contribution is -0.160. The van der Waals surface area contributed by atoms with Crippen molar-refractivity contribution >= 4 is 17.6 Å². The van der Waals surface area contributed by atoms with Crippen LogP contribution < -0.4 is 4.90 Å². The summed E-state index contributed by atoms with van der Waals surface area (Å²) in [5, 5.41) is 0. The molecule has 2 aliphatic rings. The first-order valence-electron chi connectivity index (χ1n) is 10.3. The van der Waals surface area contributed by atoms with E-state index in [4.69, 9.17) is 4.74 Å². The van der Waals surface area contributed by atoms with Gasteiger partial charge in [0.2, 0.25) is 11.8 Å². The van der Waals surface area contributed by atoms with E-state index in [0.29, 0.717) is 38.5 Å². The van der Waals surface area contributed by atoms with Gasteiger partial charge in [0, 0.05) is 38.9 Å². The third kappa shape index (κ3) is 4.85. The van der Waals surface area contributed by atoms with Gasteiger partial charge in [-0.3, -0.25) is 9.59 Å². The minimum Gasteiger partial charge on any atom is -0.369 e. The molecule has 0 aliphatic carbocycles. The Bertz CT molecular complexity index is 945. The summed E-state index contributed by atoms with van der Waals surface area (Å²) in [6.07, 6.45) is -3.61. The number of benzene rings is 1. The molecule has 3 heterocycles. The minimum absolute atomic E-state index is 0.0516. The Labute approximate surface area is 183 Å². The van der Waals surface area contributed by atoms with Gasteiger partial charge in [-0.15, -0.1) is 0 Å². The van der Waals surface area contributed by atoms with E-state index in [-0.39, 0.29) is 25.0 Å². The Morgan fingerprint density at radius 3 is 2.41 bits per heavy atom. The average Bonchev–Trinajstić information content (AvgIpc) is 2.80. The summed E-state index contributed by atoms with van der Waals surface area (Å²) in [6.45, 7) is 2.04. The lowest BCUT2D eigenvalue weighted by Gasteiger charge is -2.41. The smallest absolute Gasteiger partial charge is 0.369 e. The molecule has 4 rings (SSSR count). The number of alkyl halides is 3. The number of amides is 2. The normalized spacial score (nSPS) is 19.9. The van der Waals surface area contributed by atoms with Crippen molar-refractivity contribution < 1.29 is 27.5 Å². The highest BCUT2D eigenvalue weighted by Crippen LogP contribution is 2.29. The summed E-state index contributed by atoms with van der Waals surface area (Å²) in [4.78, 5) is 34.7. The van der Waals surface area contributed by atoms with E-state index in [2.05, 4.69) is 4.98 Å². The van der Waals surface area contributed by atoms with E-state index in [9.17, 15) is 22.8 Å². The first kappa shape index (κ1) is 22.1. The maximum Gasteiger partial charge on any atom is 0.417 e. The molecular weight excluding hydrogens is 425 g/mol. The number of rotatable bonds is 4. The fraction of sp³-hybridized carbons (Fsp3) is 0.409. The molecule has 2 aliphatic heterocycles. The van der Waals surface area contributed by atoms with Crippen molar-refractivity contribution in [3.8, 4) is 0 Å². The van der Waals surface area contributed by atoms with Crippen LogP contribution in [0.2, 0.25) is 0 Å². The molecule has 1 atom stereocenters. The summed E-state index contributed by atoms with van der Waals surface area (Å²) in [7, 11) is 0. The van der Waals surface area contributed by atoms with E-state index in [1.54, 1.807) is 9.80 Å². The number of carbonyl (C=O) groups is 2. The van der Waals surface area contributed by atoms with Crippen molar-refractivity contribution in [2.45, 2.75) is 18.8 Å². The Morgan fingerprint density at radius 2 is 1.78 bits per heavy atom. The first-order valence-corrected chi connectivity index (χ1v) is 10.3. The van der Waals surface area contributed by atoms with Gasteiger partial charge in [0.1, 0.15) is 18.5 Å². The molecular formula is C22H23F3N4O3. The predicted molar refractivity (Wildman–Crippen MR) is 110 cm³/mol. The van der Waals surface area contributed by atoms with E-state index in [1.807, 2.05) is 35.2 Å². The fourth-order valence-corrected chi connectivity index (χ4v) is 3.90. The van der Waals surface area contributed by atoms with Gasteiger partial charge in [0.05, 0.1) is 12.2 Å². The van der Waals surface area contributed by atoms with Crippen LogP contribution in [0.1, 0.15) is 11.1 Å². The second-order valence-electron chi connectivity index (χ2n) is 7.75. The molecule has 0 bridgehead atoms. The van der Waals surface area contributed by atoms with Gasteiger partial charge in [-0.1, -0.05) is 30.3 Å². The number of ether oxygens (including phenoxy) is 1. The number of hydrogen-bond acceptors (Lipinski definition) is 5. The minimum atomic E-state index is -4.43. The lowest BCUT2D eigenvalue weighted by atomic mass is 10.1. The molecule has 2 saturated heterocycles.